The minimum absolute atomic E-state index is 0.123. The van der Waals surface area contributed by atoms with Gasteiger partial charge in [0, 0.05) is 30.0 Å². The molecule has 4 bridgehead atoms. The number of rotatable bonds is 5. The molecule has 0 saturated heterocycles. The van der Waals surface area contributed by atoms with E-state index < -0.39 is 0 Å². The smallest absolute Gasteiger partial charge is 0.270 e. The minimum atomic E-state index is -0.302. The molecule has 3 heterocycles. The van der Waals surface area contributed by atoms with Gasteiger partial charge in [-0.05, 0) is 80.7 Å². The fourth-order valence-corrected chi connectivity index (χ4v) is 7.01. The van der Waals surface area contributed by atoms with Crippen LogP contribution in [0, 0.1) is 11.8 Å². The second-order valence-electron chi connectivity index (χ2n) is 10.4. The van der Waals surface area contributed by atoms with Gasteiger partial charge >= 0.3 is 0 Å². The number of aromatic nitrogens is 2. The monoisotopic (exact) mass is 455 g/mol. The van der Waals surface area contributed by atoms with E-state index in [2.05, 4.69) is 26.7 Å². The maximum atomic E-state index is 13.4. The highest BCUT2D eigenvalue weighted by Crippen LogP contribution is 2.57. The van der Waals surface area contributed by atoms with E-state index >= 15 is 0 Å². The summed E-state index contributed by atoms with van der Waals surface area (Å²) in [6.07, 6.45) is 15.5. The zero-order valence-corrected chi connectivity index (χ0v) is 19.1. The molecular formula is C27H29N5O2. The first-order valence-electron chi connectivity index (χ1n) is 12.1. The molecule has 1 aliphatic heterocycles. The molecule has 4 saturated carbocycles. The van der Waals surface area contributed by atoms with Gasteiger partial charge in [0.25, 0.3) is 11.8 Å². The third kappa shape index (κ3) is 3.89. The van der Waals surface area contributed by atoms with Crippen LogP contribution >= 0.6 is 0 Å². The number of amides is 2. The molecule has 0 radical (unpaired) electrons. The van der Waals surface area contributed by atoms with E-state index in [0.29, 0.717) is 23.2 Å². The van der Waals surface area contributed by atoms with E-state index in [1.807, 2.05) is 47.5 Å². The summed E-state index contributed by atoms with van der Waals surface area (Å²) in [6.45, 7) is 0.736. The first-order chi connectivity index (χ1) is 16.5. The quantitative estimate of drug-likeness (QED) is 0.719. The molecule has 34 heavy (non-hydrogen) atoms. The van der Waals surface area contributed by atoms with Crippen molar-refractivity contribution < 1.29 is 9.59 Å². The van der Waals surface area contributed by atoms with Gasteiger partial charge in [0.2, 0.25) is 0 Å². The Labute approximate surface area is 199 Å². The van der Waals surface area contributed by atoms with Crippen LogP contribution in [0.5, 0.6) is 0 Å². The Kier molecular flexibility index (Phi) is 5.01. The van der Waals surface area contributed by atoms with Crippen LogP contribution in [-0.2, 0) is 0 Å². The summed E-state index contributed by atoms with van der Waals surface area (Å²) in [5, 5.41) is 6.73. The van der Waals surface area contributed by atoms with Crippen molar-refractivity contribution >= 4 is 17.6 Å². The van der Waals surface area contributed by atoms with Gasteiger partial charge in [0.1, 0.15) is 17.2 Å². The van der Waals surface area contributed by atoms with Crippen LogP contribution in [0.2, 0.25) is 0 Å². The van der Waals surface area contributed by atoms with E-state index in [4.69, 9.17) is 0 Å². The molecule has 2 atom stereocenters. The maximum absolute atomic E-state index is 13.4. The minimum Gasteiger partial charge on any atom is -0.345 e. The predicted octanol–water partition coefficient (Wildman–Crippen LogP) is 3.62. The van der Waals surface area contributed by atoms with Crippen molar-refractivity contribution in [1.82, 2.24) is 20.6 Å². The zero-order valence-electron chi connectivity index (χ0n) is 19.1. The molecule has 2 aromatic heterocycles. The number of nitrogens with zero attached hydrogens (tertiary/aromatic N) is 3. The van der Waals surface area contributed by atoms with Gasteiger partial charge in [0.05, 0.1) is 0 Å². The van der Waals surface area contributed by atoms with Crippen molar-refractivity contribution in [2.45, 2.75) is 49.6 Å². The standard InChI is InChI=1S/C27H29N5O2/c33-24(21-7-2-3-10-28-21)30-26-14-19-13-20(15-26)17-27(16-19,18-26)31-25(34)22-8-6-9-23(29-22)32-11-4-1-5-12-32/h1-11,19-20H,12-18H2,(H,30,33)(H,31,34). The number of hydrogen-bond acceptors (Lipinski definition) is 5. The molecule has 4 aliphatic carbocycles. The van der Waals surface area contributed by atoms with Gasteiger partial charge in [0.15, 0.2) is 0 Å². The molecule has 174 valence electrons. The van der Waals surface area contributed by atoms with Crippen LogP contribution in [0.3, 0.4) is 0 Å². The van der Waals surface area contributed by atoms with Crippen molar-refractivity contribution in [1.29, 1.82) is 0 Å². The van der Waals surface area contributed by atoms with Crippen LogP contribution in [0.25, 0.3) is 0 Å². The molecule has 7 nitrogen and oxygen atoms in total. The number of allylic oxidation sites excluding steroid dienone is 2. The summed E-state index contributed by atoms with van der Waals surface area (Å²) in [5.74, 6) is 1.52. The highest BCUT2D eigenvalue weighted by atomic mass is 16.2. The molecule has 7 rings (SSSR count). The highest BCUT2D eigenvalue weighted by molar-refractivity contribution is 5.94. The van der Waals surface area contributed by atoms with Gasteiger partial charge in [-0.1, -0.05) is 24.3 Å². The number of nitrogens with one attached hydrogen (secondary N) is 2. The topological polar surface area (TPSA) is 87.2 Å². The van der Waals surface area contributed by atoms with E-state index in [0.717, 1.165) is 44.5 Å². The van der Waals surface area contributed by atoms with Crippen molar-refractivity contribution in [2.24, 2.45) is 11.8 Å². The summed E-state index contributed by atoms with van der Waals surface area (Å²) in [4.78, 5) is 37.3. The highest BCUT2D eigenvalue weighted by Gasteiger charge is 2.58. The summed E-state index contributed by atoms with van der Waals surface area (Å²) in [5.41, 5.74) is 0.289. The number of carbonyl (C=O) groups is 2. The molecule has 4 fully saturated rings. The second-order valence-corrected chi connectivity index (χ2v) is 10.4. The first kappa shape index (κ1) is 21.1. The number of carbonyl (C=O) groups excluding carboxylic acids is 2. The average molecular weight is 456 g/mol. The molecule has 2 amide bonds. The molecule has 2 N–H and O–H groups in total. The summed E-state index contributed by atoms with van der Waals surface area (Å²) in [7, 11) is 0. The van der Waals surface area contributed by atoms with Crippen LogP contribution in [0.15, 0.2) is 67.0 Å². The van der Waals surface area contributed by atoms with Crippen molar-refractivity contribution in [3.05, 3.63) is 78.4 Å². The van der Waals surface area contributed by atoms with Crippen LogP contribution in [-0.4, -0.2) is 39.4 Å². The Bertz CT molecular complexity index is 1160. The summed E-state index contributed by atoms with van der Waals surface area (Å²) in [6, 6.07) is 11.0. The average Bonchev–Trinajstić information content (AvgIpc) is 2.84. The largest absolute Gasteiger partial charge is 0.345 e. The van der Waals surface area contributed by atoms with Crippen LogP contribution < -0.4 is 15.5 Å². The predicted molar refractivity (Wildman–Crippen MR) is 129 cm³/mol. The van der Waals surface area contributed by atoms with Crippen molar-refractivity contribution in [2.75, 3.05) is 11.4 Å². The Morgan fingerprint density at radius 1 is 0.882 bits per heavy atom. The molecule has 0 aromatic carbocycles. The number of hydrogen-bond donors (Lipinski definition) is 2. The maximum Gasteiger partial charge on any atom is 0.270 e. The lowest BCUT2D eigenvalue weighted by Crippen LogP contribution is -2.69. The Morgan fingerprint density at radius 2 is 1.59 bits per heavy atom. The van der Waals surface area contributed by atoms with Gasteiger partial charge < -0.3 is 15.5 Å². The van der Waals surface area contributed by atoms with E-state index in [-0.39, 0.29) is 22.9 Å². The number of anilines is 1. The van der Waals surface area contributed by atoms with Crippen LogP contribution in [0.1, 0.15) is 59.5 Å². The summed E-state index contributed by atoms with van der Waals surface area (Å²) >= 11 is 0. The van der Waals surface area contributed by atoms with Crippen molar-refractivity contribution in [3.63, 3.8) is 0 Å². The van der Waals surface area contributed by atoms with E-state index in [1.54, 1.807) is 18.3 Å². The Hall–Kier alpha value is -3.48. The van der Waals surface area contributed by atoms with E-state index in [1.165, 1.54) is 6.42 Å². The second kappa shape index (κ2) is 8.08. The lowest BCUT2D eigenvalue weighted by molar-refractivity contribution is -0.0449. The lowest BCUT2D eigenvalue weighted by Gasteiger charge is -2.62. The van der Waals surface area contributed by atoms with Crippen LogP contribution in [0.4, 0.5) is 5.82 Å². The molecule has 7 heteroatoms. The van der Waals surface area contributed by atoms with Gasteiger partial charge in [-0.25, -0.2) is 4.98 Å². The summed E-state index contributed by atoms with van der Waals surface area (Å²) < 4.78 is 0. The Balaban J connectivity index is 1.21. The molecule has 5 aliphatic rings. The normalized spacial score (nSPS) is 30.9. The van der Waals surface area contributed by atoms with E-state index in [9.17, 15) is 9.59 Å². The molecular weight excluding hydrogens is 426 g/mol. The first-order valence-corrected chi connectivity index (χ1v) is 12.1. The molecule has 2 unspecified atom stereocenters. The third-order valence-corrected chi connectivity index (χ3v) is 7.79. The third-order valence-electron chi connectivity index (χ3n) is 7.79. The zero-order chi connectivity index (χ0) is 23.2. The lowest BCUT2D eigenvalue weighted by atomic mass is 9.49. The number of pyridine rings is 2. The molecule has 2 aromatic rings. The fraction of sp³-hybridized carbons (Fsp3) is 0.407. The fourth-order valence-electron chi connectivity index (χ4n) is 7.01. The SMILES string of the molecule is O=C(NC12CC3CC(C1)CC(NC(=O)c1cccc(N4C=CC=CC4)n1)(C3)C2)c1ccccn1. The van der Waals surface area contributed by atoms with Gasteiger partial charge in [-0.15, -0.1) is 0 Å². The molecule has 0 spiro atoms. The van der Waals surface area contributed by atoms with Crippen molar-refractivity contribution in [3.8, 4) is 0 Å². The Morgan fingerprint density at radius 3 is 2.24 bits per heavy atom. The van der Waals surface area contributed by atoms with Gasteiger partial charge in [-0.3, -0.25) is 14.6 Å². The van der Waals surface area contributed by atoms with Gasteiger partial charge in [-0.2, -0.15) is 0 Å².